The van der Waals surface area contributed by atoms with E-state index in [1.165, 1.54) is 6.33 Å². The molecule has 0 bridgehead atoms. The standard InChI is InChI=1S/C19H29N5O4/c1-4-6-16(25)27-10-14(28-19(26)17(20)13(2)3)7-5-8-24-12-23-15-9-21-11-22-18(15)24/h9,11-14,17H,4-8,10,20H2,1-3H3/t14?,17-/m0/s1. The molecule has 2 aromatic rings. The number of nitrogens with two attached hydrogens (primary N) is 1. The Labute approximate surface area is 164 Å². The molecule has 1 unspecified atom stereocenters. The second-order valence-corrected chi connectivity index (χ2v) is 7.07. The predicted octanol–water partition coefficient (Wildman–Crippen LogP) is 1.84. The molecule has 2 heterocycles. The van der Waals surface area contributed by atoms with E-state index in [0.29, 0.717) is 32.2 Å². The SMILES string of the molecule is CCCC(=O)OCC(CCCn1cnc2cncnc21)OC(=O)[C@@H](N)C(C)C. The molecule has 0 aliphatic heterocycles. The number of ether oxygens (including phenoxy) is 2. The lowest BCUT2D eigenvalue weighted by molar-refractivity contribution is -0.161. The van der Waals surface area contributed by atoms with E-state index < -0.39 is 18.1 Å². The van der Waals surface area contributed by atoms with Crippen LogP contribution in [0, 0.1) is 5.92 Å². The van der Waals surface area contributed by atoms with Gasteiger partial charge in [-0.05, 0) is 25.2 Å². The van der Waals surface area contributed by atoms with Gasteiger partial charge in [0, 0.05) is 13.0 Å². The third-order valence-corrected chi connectivity index (χ3v) is 4.36. The fourth-order valence-electron chi connectivity index (χ4n) is 2.62. The number of carbonyl (C=O) groups excluding carboxylic acids is 2. The Hall–Kier alpha value is -2.55. The monoisotopic (exact) mass is 391 g/mol. The summed E-state index contributed by atoms with van der Waals surface area (Å²) in [4.78, 5) is 36.3. The van der Waals surface area contributed by atoms with E-state index in [1.807, 2.05) is 25.3 Å². The van der Waals surface area contributed by atoms with E-state index in [9.17, 15) is 9.59 Å². The smallest absolute Gasteiger partial charge is 0.323 e. The van der Waals surface area contributed by atoms with Crippen LogP contribution in [0.3, 0.4) is 0 Å². The number of hydrogen-bond acceptors (Lipinski definition) is 8. The number of fused-ring (bicyclic) bond motifs is 1. The van der Waals surface area contributed by atoms with Crippen molar-refractivity contribution in [3.63, 3.8) is 0 Å². The van der Waals surface area contributed by atoms with E-state index in [0.717, 1.165) is 11.2 Å². The van der Waals surface area contributed by atoms with Gasteiger partial charge in [-0.15, -0.1) is 0 Å². The van der Waals surface area contributed by atoms with Crippen molar-refractivity contribution in [2.24, 2.45) is 11.7 Å². The topological polar surface area (TPSA) is 122 Å². The van der Waals surface area contributed by atoms with Crippen molar-refractivity contribution in [2.75, 3.05) is 6.61 Å². The second-order valence-electron chi connectivity index (χ2n) is 7.07. The van der Waals surface area contributed by atoms with Crippen molar-refractivity contribution >= 4 is 23.1 Å². The molecule has 0 saturated carbocycles. The summed E-state index contributed by atoms with van der Waals surface area (Å²) in [6, 6.07) is -0.705. The molecule has 2 atom stereocenters. The van der Waals surface area contributed by atoms with Crippen molar-refractivity contribution in [1.82, 2.24) is 19.5 Å². The average molecular weight is 391 g/mol. The van der Waals surface area contributed by atoms with Gasteiger partial charge < -0.3 is 19.8 Å². The lowest BCUT2D eigenvalue weighted by atomic mass is 10.1. The lowest BCUT2D eigenvalue weighted by Gasteiger charge is -2.21. The number of nitrogens with zero attached hydrogens (tertiary/aromatic N) is 4. The van der Waals surface area contributed by atoms with Crippen LogP contribution in [-0.4, -0.2) is 50.2 Å². The number of imidazole rings is 1. The minimum atomic E-state index is -0.705. The quantitative estimate of drug-likeness (QED) is 0.576. The molecule has 0 aliphatic rings. The Morgan fingerprint density at radius 3 is 2.79 bits per heavy atom. The van der Waals surface area contributed by atoms with Gasteiger partial charge in [-0.3, -0.25) is 9.59 Å². The van der Waals surface area contributed by atoms with Gasteiger partial charge in [0.2, 0.25) is 0 Å². The van der Waals surface area contributed by atoms with Crippen molar-refractivity contribution < 1.29 is 19.1 Å². The van der Waals surface area contributed by atoms with E-state index >= 15 is 0 Å². The van der Waals surface area contributed by atoms with Crippen molar-refractivity contribution in [3.05, 3.63) is 18.9 Å². The van der Waals surface area contributed by atoms with Crippen LogP contribution in [0.15, 0.2) is 18.9 Å². The molecule has 2 aromatic heterocycles. The summed E-state index contributed by atoms with van der Waals surface area (Å²) < 4.78 is 12.7. The highest BCUT2D eigenvalue weighted by molar-refractivity contribution is 5.76. The largest absolute Gasteiger partial charge is 0.462 e. The number of rotatable bonds is 11. The molecule has 2 rings (SSSR count). The van der Waals surface area contributed by atoms with Gasteiger partial charge in [0.25, 0.3) is 0 Å². The Bertz CT molecular complexity index is 777. The van der Waals surface area contributed by atoms with Gasteiger partial charge in [-0.2, -0.15) is 0 Å². The lowest BCUT2D eigenvalue weighted by Crippen LogP contribution is -2.40. The normalized spacial score (nSPS) is 13.5. The summed E-state index contributed by atoms with van der Waals surface area (Å²) in [5.74, 6) is -0.811. The van der Waals surface area contributed by atoms with Crippen LogP contribution in [-0.2, 0) is 25.6 Å². The Morgan fingerprint density at radius 1 is 1.29 bits per heavy atom. The number of aromatic nitrogens is 4. The van der Waals surface area contributed by atoms with E-state index in [4.69, 9.17) is 15.2 Å². The molecule has 0 fully saturated rings. The summed E-state index contributed by atoms with van der Waals surface area (Å²) in [6.07, 6.45) is 6.56. The molecule has 0 spiro atoms. The molecule has 0 aliphatic carbocycles. The third-order valence-electron chi connectivity index (χ3n) is 4.36. The summed E-state index contributed by atoms with van der Waals surface area (Å²) in [5.41, 5.74) is 7.34. The fourth-order valence-corrected chi connectivity index (χ4v) is 2.62. The first-order valence-corrected chi connectivity index (χ1v) is 9.64. The molecular formula is C19H29N5O4. The van der Waals surface area contributed by atoms with Gasteiger partial charge in [0.1, 0.15) is 30.6 Å². The zero-order chi connectivity index (χ0) is 20.5. The van der Waals surface area contributed by atoms with Crippen LogP contribution in [0.25, 0.3) is 11.2 Å². The second kappa shape index (κ2) is 10.7. The first kappa shape index (κ1) is 21.7. The maximum absolute atomic E-state index is 12.2. The molecule has 28 heavy (non-hydrogen) atoms. The number of esters is 2. The van der Waals surface area contributed by atoms with Gasteiger partial charge in [0.15, 0.2) is 5.65 Å². The fraction of sp³-hybridized carbons (Fsp3) is 0.632. The molecule has 2 N–H and O–H groups in total. The zero-order valence-corrected chi connectivity index (χ0v) is 16.7. The van der Waals surface area contributed by atoms with Gasteiger partial charge in [-0.25, -0.2) is 15.0 Å². The highest BCUT2D eigenvalue weighted by atomic mass is 16.6. The summed E-state index contributed by atoms with van der Waals surface area (Å²) in [6.45, 7) is 6.28. The molecular weight excluding hydrogens is 362 g/mol. The van der Waals surface area contributed by atoms with Crippen LogP contribution in [0.1, 0.15) is 46.5 Å². The van der Waals surface area contributed by atoms with Gasteiger partial charge in [-0.1, -0.05) is 20.8 Å². The Balaban J connectivity index is 1.93. The summed E-state index contributed by atoms with van der Waals surface area (Å²) >= 11 is 0. The van der Waals surface area contributed by atoms with Crippen LogP contribution in [0.4, 0.5) is 0 Å². The molecule has 154 valence electrons. The van der Waals surface area contributed by atoms with E-state index in [2.05, 4.69) is 15.0 Å². The number of hydrogen-bond donors (Lipinski definition) is 1. The minimum Gasteiger partial charge on any atom is -0.462 e. The highest BCUT2D eigenvalue weighted by Crippen LogP contribution is 2.12. The summed E-state index contributed by atoms with van der Waals surface area (Å²) in [5, 5.41) is 0. The first-order valence-electron chi connectivity index (χ1n) is 9.64. The maximum Gasteiger partial charge on any atom is 0.323 e. The third kappa shape index (κ3) is 6.26. The predicted molar refractivity (Wildman–Crippen MR) is 103 cm³/mol. The molecule has 9 nitrogen and oxygen atoms in total. The van der Waals surface area contributed by atoms with Crippen LogP contribution in [0.2, 0.25) is 0 Å². The zero-order valence-electron chi connectivity index (χ0n) is 16.7. The molecule has 9 heteroatoms. The first-order chi connectivity index (χ1) is 13.4. The summed E-state index contributed by atoms with van der Waals surface area (Å²) in [7, 11) is 0. The molecule has 0 aromatic carbocycles. The van der Waals surface area contributed by atoms with Crippen molar-refractivity contribution in [1.29, 1.82) is 0 Å². The van der Waals surface area contributed by atoms with E-state index in [1.54, 1.807) is 12.5 Å². The molecule has 0 saturated heterocycles. The van der Waals surface area contributed by atoms with Gasteiger partial charge >= 0.3 is 11.9 Å². The highest BCUT2D eigenvalue weighted by Gasteiger charge is 2.23. The maximum atomic E-state index is 12.2. The number of carbonyl (C=O) groups is 2. The Morgan fingerprint density at radius 2 is 2.07 bits per heavy atom. The molecule has 0 radical (unpaired) electrons. The number of aryl methyl sites for hydroxylation is 1. The minimum absolute atomic E-state index is 0.0300. The molecule has 0 amide bonds. The van der Waals surface area contributed by atoms with Crippen molar-refractivity contribution in [2.45, 2.75) is 65.1 Å². The van der Waals surface area contributed by atoms with E-state index in [-0.39, 0.29) is 18.5 Å². The Kier molecular flexibility index (Phi) is 8.31. The van der Waals surface area contributed by atoms with Crippen LogP contribution >= 0.6 is 0 Å². The van der Waals surface area contributed by atoms with Crippen LogP contribution in [0.5, 0.6) is 0 Å². The van der Waals surface area contributed by atoms with Crippen LogP contribution < -0.4 is 5.73 Å². The van der Waals surface area contributed by atoms with Crippen molar-refractivity contribution in [3.8, 4) is 0 Å². The average Bonchev–Trinajstić information content (AvgIpc) is 3.08. The van der Waals surface area contributed by atoms with Gasteiger partial charge in [0.05, 0.1) is 12.5 Å².